The van der Waals surface area contributed by atoms with Gasteiger partial charge in [0.25, 0.3) is 0 Å². The molecule has 2 aromatic rings. The summed E-state index contributed by atoms with van der Waals surface area (Å²) in [5.41, 5.74) is 8.82. The number of pyridine rings is 1. The van der Waals surface area contributed by atoms with Crippen molar-refractivity contribution < 1.29 is 9.53 Å². The zero-order valence-corrected chi connectivity index (χ0v) is 12.2. The second kappa shape index (κ2) is 6.43. The van der Waals surface area contributed by atoms with Crippen molar-refractivity contribution in [1.82, 2.24) is 4.98 Å². The van der Waals surface area contributed by atoms with Gasteiger partial charge in [0.2, 0.25) is 0 Å². The van der Waals surface area contributed by atoms with Crippen molar-refractivity contribution in [3.05, 3.63) is 53.3 Å². The van der Waals surface area contributed by atoms with E-state index in [1.807, 2.05) is 37.3 Å². The molecule has 0 amide bonds. The number of ether oxygens (including phenoxy) is 1. The Bertz CT molecular complexity index is 629. The molecule has 0 aliphatic heterocycles. The molecule has 0 unspecified atom stereocenters. The molecule has 1 aromatic heterocycles. The van der Waals surface area contributed by atoms with E-state index in [9.17, 15) is 4.79 Å². The number of hydrogen-bond donors (Lipinski definition) is 1. The molecular weight excluding hydrogens is 272 g/mol. The van der Waals surface area contributed by atoms with Crippen LogP contribution in [0, 0.1) is 6.92 Å². The van der Waals surface area contributed by atoms with Gasteiger partial charge in [0.15, 0.2) is 0 Å². The van der Waals surface area contributed by atoms with Crippen molar-refractivity contribution in [3.8, 4) is 0 Å². The molecule has 5 heteroatoms. The van der Waals surface area contributed by atoms with Crippen LogP contribution in [0.25, 0.3) is 0 Å². The number of rotatable bonds is 4. The number of aryl methyl sites for hydroxylation is 1. The molecule has 0 bridgehead atoms. The SMILES string of the molecule is COC(=O)c1cccc(CSc2ccc(N)c(C)c2)n1. The summed E-state index contributed by atoms with van der Waals surface area (Å²) in [7, 11) is 1.35. The molecule has 2 N–H and O–H groups in total. The van der Waals surface area contributed by atoms with Crippen molar-refractivity contribution in [2.75, 3.05) is 12.8 Å². The number of esters is 1. The van der Waals surface area contributed by atoms with E-state index < -0.39 is 5.97 Å². The highest BCUT2D eigenvalue weighted by molar-refractivity contribution is 7.98. The molecule has 0 radical (unpaired) electrons. The fourth-order valence-electron chi connectivity index (χ4n) is 1.67. The average Bonchev–Trinajstić information content (AvgIpc) is 2.48. The van der Waals surface area contributed by atoms with Crippen LogP contribution in [-0.2, 0) is 10.5 Å². The van der Waals surface area contributed by atoms with Crippen LogP contribution in [0.15, 0.2) is 41.3 Å². The summed E-state index contributed by atoms with van der Waals surface area (Å²) in [5, 5.41) is 0. The number of hydrogen-bond acceptors (Lipinski definition) is 5. The van der Waals surface area contributed by atoms with Crippen molar-refractivity contribution in [1.29, 1.82) is 0 Å². The lowest BCUT2D eigenvalue weighted by molar-refractivity contribution is 0.0594. The summed E-state index contributed by atoms with van der Waals surface area (Å²) >= 11 is 1.65. The average molecular weight is 288 g/mol. The second-order valence-corrected chi connectivity index (χ2v) is 5.36. The van der Waals surface area contributed by atoms with E-state index in [0.29, 0.717) is 11.4 Å². The Morgan fingerprint density at radius 2 is 2.15 bits per heavy atom. The molecule has 1 aromatic carbocycles. The monoisotopic (exact) mass is 288 g/mol. The van der Waals surface area contributed by atoms with E-state index >= 15 is 0 Å². The highest BCUT2D eigenvalue weighted by Crippen LogP contribution is 2.25. The van der Waals surface area contributed by atoms with Gasteiger partial charge < -0.3 is 10.5 Å². The minimum atomic E-state index is -0.417. The van der Waals surface area contributed by atoms with Gasteiger partial charge in [-0.05, 0) is 42.8 Å². The summed E-state index contributed by atoms with van der Waals surface area (Å²) in [5.74, 6) is 0.272. The second-order valence-electron chi connectivity index (χ2n) is 4.31. The van der Waals surface area contributed by atoms with Gasteiger partial charge in [0.05, 0.1) is 12.8 Å². The molecular formula is C15H16N2O2S. The van der Waals surface area contributed by atoms with Crippen LogP contribution in [0.2, 0.25) is 0 Å². The molecule has 1 heterocycles. The summed E-state index contributed by atoms with van der Waals surface area (Å²) in [6.45, 7) is 1.98. The first-order valence-electron chi connectivity index (χ1n) is 6.13. The van der Waals surface area contributed by atoms with Crippen molar-refractivity contribution in [3.63, 3.8) is 0 Å². The first-order valence-corrected chi connectivity index (χ1v) is 7.12. The quantitative estimate of drug-likeness (QED) is 0.532. The molecule has 104 valence electrons. The summed E-state index contributed by atoms with van der Waals surface area (Å²) in [6.07, 6.45) is 0. The molecule has 0 spiro atoms. The number of nitrogen functional groups attached to an aromatic ring is 1. The molecule has 0 saturated carbocycles. The molecule has 0 aliphatic carbocycles. The number of methoxy groups -OCH3 is 1. The third kappa shape index (κ3) is 3.51. The van der Waals surface area contributed by atoms with Gasteiger partial charge in [0.1, 0.15) is 5.69 Å². The zero-order valence-electron chi connectivity index (χ0n) is 11.4. The normalized spacial score (nSPS) is 10.3. The maximum absolute atomic E-state index is 11.4. The number of nitrogens with two attached hydrogens (primary N) is 1. The molecule has 0 atom stereocenters. The van der Waals surface area contributed by atoms with Crippen LogP contribution < -0.4 is 5.73 Å². The highest BCUT2D eigenvalue weighted by atomic mass is 32.2. The third-order valence-electron chi connectivity index (χ3n) is 2.83. The Kier molecular flexibility index (Phi) is 4.63. The van der Waals surface area contributed by atoms with E-state index in [1.54, 1.807) is 17.8 Å². The Labute approximate surface area is 122 Å². The molecule has 20 heavy (non-hydrogen) atoms. The third-order valence-corrected chi connectivity index (χ3v) is 3.86. The lowest BCUT2D eigenvalue weighted by Gasteiger charge is -2.06. The van der Waals surface area contributed by atoms with Crippen LogP contribution in [0.1, 0.15) is 21.7 Å². The summed E-state index contributed by atoms with van der Waals surface area (Å²) < 4.78 is 4.66. The minimum Gasteiger partial charge on any atom is -0.464 e. The van der Waals surface area contributed by atoms with Gasteiger partial charge in [-0.3, -0.25) is 0 Å². The number of benzene rings is 1. The van der Waals surface area contributed by atoms with E-state index in [1.165, 1.54) is 7.11 Å². The van der Waals surface area contributed by atoms with E-state index in [2.05, 4.69) is 9.72 Å². The first kappa shape index (κ1) is 14.4. The van der Waals surface area contributed by atoms with Crippen LogP contribution in [0.3, 0.4) is 0 Å². The standard InChI is InChI=1S/C15H16N2O2S/c1-10-8-12(6-7-13(10)16)20-9-11-4-3-5-14(17-11)15(18)19-2/h3-8H,9,16H2,1-2H3. The minimum absolute atomic E-state index is 0.332. The molecule has 0 saturated heterocycles. The maximum atomic E-state index is 11.4. The lowest BCUT2D eigenvalue weighted by Crippen LogP contribution is -2.05. The largest absolute Gasteiger partial charge is 0.464 e. The Morgan fingerprint density at radius 1 is 1.35 bits per heavy atom. The predicted octanol–water partition coefficient (Wildman–Crippen LogP) is 3.05. The van der Waals surface area contributed by atoms with Gasteiger partial charge in [-0.1, -0.05) is 6.07 Å². The number of carbonyl (C=O) groups excluding carboxylic acids is 1. The lowest BCUT2D eigenvalue weighted by atomic mass is 10.2. The number of anilines is 1. The van der Waals surface area contributed by atoms with Crippen LogP contribution >= 0.6 is 11.8 Å². The molecule has 0 aliphatic rings. The fraction of sp³-hybridized carbons (Fsp3) is 0.200. The Morgan fingerprint density at radius 3 is 2.85 bits per heavy atom. The fourth-order valence-corrected chi connectivity index (χ4v) is 2.57. The zero-order chi connectivity index (χ0) is 14.5. The maximum Gasteiger partial charge on any atom is 0.356 e. The molecule has 0 fully saturated rings. The van der Waals surface area contributed by atoms with E-state index in [0.717, 1.165) is 21.8 Å². The van der Waals surface area contributed by atoms with E-state index in [4.69, 9.17) is 5.73 Å². The van der Waals surface area contributed by atoms with Gasteiger partial charge in [-0.2, -0.15) is 0 Å². The van der Waals surface area contributed by atoms with Gasteiger partial charge >= 0.3 is 5.97 Å². The summed E-state index contributed by atoms with van der Waals surface area (Å²) in [4.78, 5) is 16.8. The van der Waals surface area contributed by atoms with Crippen LogP contribution in [0.4, 0.5) is 5.69 Å². The smallest absolute Gasteiger partial charge is 0.356 e. The number of nitrogens with zero attached hydrogens (tertiary/aromatic N) is 1. The Hall–Kier alpha value is -2.01. The number of carbonyl (C=O) groups is 1. The van der Waals surface area contributed by atoms with Crippen molar-refractivity contribution >= 4 is 23.4 Å². The van der Waals surface area contributed by atoms with Crippen LogP contribution in [0.5, 0.6) is 0 Å². The topological polar surface area (TPSA) is 65.2 Å². The number of aromatic nitrogens is 1. The van der Waals surface area contributed by atoms with Gasteiger partial charge in [-0.25, -0.2) is 9.78 Å². The molecule has 4 nitrogen and oxygen atoms in total. The number of thioether (sulfide) groups is 1. The predicted molar refractivity (Wildman–Crippen MR) is 80.7 cm³/mol. The first-order chi connectivity index (χ1) is 9.60. The van der Waals surface area contributed by atoms with Crippen LogP contribution in [-0.4, -0.2) is 18.1 Å². The highest BCUT2D eigenvalue weighted by Gasteiger charge is 2.07. The van der Waals surface area contributed by atoms with Gasteiger partial charge in [0, 0.05) is 16.3 Å². The van der Waals surface area contributed by atoms with Gasteiger partial charge in [-0.15, -0.1) is 11.8 Å². The van der Waals surface area contributed by atoms with Crippen molar-refractivity contribution in [2.24, 2.45) is 0 Å². The Balaban J connectivity index is 2.07. The van der Waals surface area contributed by atoms with Crippen molar-refractivity contribution in [2.45, 2.75) is 17.6 Å². The van der Waals surface area contributed by atoms with E-state index in [-0.39, 0.29) is 0 Å². The molecule has 2 rings (SSSR count). The summed E-state index contributed by atoms with van der Waals surface area (Å²) in [6, 6.07) is 11.3.